The summed E-state index contributed by atoms with van der Waals surface area (Å²) in [6, 6.07) is -0.140. The van der Waals surface area contributed by atoms with Crippen LogP contribution in [0.3, 0.4) is 0 Å². The predicted molar refractivity (Wildman–Crippen MR) is 79.4 cm³/mol. The average Bonchev–Trinajstić information content (AvgIpc) is 2.48. The molecular weight excluding hydrogens is 262 g/mol. The van der Waals surface area contributed by atoms with E-state index in [1.165, 1.54) is 0 Å². The van der Waals surface area contributed by atoms with E-state index in [-0.39, 0.29) is 24.0 Å². The molecule has 1 fully saturated rings. The molecule has 1 rings (SSSR count). The van der Waals surface area contributed by atoms with Crippen molar-refractivity contribution in [3.05, 3.63) is 0 Å². The van der Waals surface area contributed by atoms with E-state index in [0.717, 1.165) is 25.3 Å². The van der Waals surface area contributed by atoms with Crippen molar-refractivity contribution < 1.29 is 9.59 Å². The van der Waals surface area contributed by atoms with E-state index in [2.05, 4.69) is 17.6 Å². The van der Waals surface area contributed by atoms with E-state index in [0.29, 0.717) is 5.25 Å². The summed E-state index contributed by atoms with van der Waals surface area (Å²) in [5.41, 5.74) is -0.267. The summed E-state index contributed by atoms with van der Waals surface area (Å²) in [5, 5.41) is 6.10. The van der Waals surface area contributed by atoms with Gasteiger partial charge < -0.3 is 15.5 Å². The van der Waals surface area contributed by atoms with Crippen LogP contribution in [0.4, 0.5) is 4.79 Å². The lowest BCUT2D eigenvalue weighted by molar-refractivity contribution is -0.121. The molecule has 0 radical (unpaired) electrons. The Morgan fingerprint density at radius 3 is 2.63 bits per heavy atom. The molecule has 1 atom stereocenters. The number of hydrogen-bond acceptors (Lipinski definition) is 3. The lowest BCUT2D eigenvalue weighted by Crippen LogP contribution is -2.49. The minimum atomic E-state index is -0.267. The lowest BCUT2D eigenvalue weighted by Gasteiger charge is -2.23. The van der Waals surface area contributed by atoms with E-state index in [1.807, 2.05) is 32.5 Å². The fraction of sp³-hybridized carbons (Fsp3) is 0.846. The first-order valence-corrected chi connectivity index (χ1v) is 7.78. The third-order valence-electron chi connectivity index (χ3n) is 2.77. The highest BCUT2D eigenvalue weighted by atomic mass is 32.2. The largest absolute Gasteiger partial charge is 0.350 e. The maximum Gasteiger partial charge on any atom is 0.317 e. The van der Waals surface area contributed by atoms with Gasteiger partial charge in [-0.25, -0.2) is 4.79 Å². The number of thioether (sulfide) groups is 1. The highest BCUT2D eigenvalue weighted by Crippen LogP contribution is 2.18. The van der Waals surface area contributed by atoms with E-state index in [1.54, 1.807) is 4.90 Å². The Morgan fingerprint density at radius 2 is 2.00 bits per heavy atom. The molecule has 1 heterocycles. The number of nitrogens with zero attached hydrogens (tertiary/aromatic N) is 1. The second-order valence-corrected chi connectivity index (χ2v) is 7.46. The summed E-state index contributed by atoms with van der Waals surface area (Å²) in [6.45, 7) is 9.49. The van der Waals surface area contributed by atoms with Gasteiger partial charge in [-0.1, -0.05) is 6.92 Å². The van der Waals surface area contributed by atoms with Gasteiger partial charge in [0, 0.05) is 29.6 Å². The Kier molecular flexibility index (Phi) is 5.97. The van der Waals surface area contributed by atoms with E-state index < -0.39 is 0 Å². The Balaban J connectivity index is 2.32. The summed E-state index contributed by atoms with van der Waals surface area (Å²) >= 11 is 1.89. The Labute approximate surface area is 119 Å². The van der Waals surface area contributed by atoms with Gasteiger partial charge in [0.25, 0.3) is 0 Å². The van der Waals surface area contributed by atoms with Crippen molar-refractivity contribution in [1.29, 1.82) is 0 Å². The van der Waals surface area contributed by atoms with Gasteiger partial charge in [-0.2, -0.15) is 11.8 Å². The van der Waals surface area contributed by atoms with Crippen molar-refractivity contribution in [2.45, 2.75) is 44.9 Å². The van der Waals surface area contributed by atoms with Crippen LogP contribution < -0.4 is 10.6 Å². The number of hydrogen-bond donors (Lipinski definition) is 2. The highest BCUT2D eigenvalue weighted by Gasteiger charge is 2.20. The molecular formula is C13H25N3O2S. The van der Waals surface area contributed by atoms with Crippen LogP contribution >= 0.6 is 11.8 Å². The first-order valence-electron chi connectivity index (χ1n) is 6.73. The number of rotatable bonds is 2. The average molecular weight is 287 g/mol. The SMILES string of the molecule is C[C@H]1CCN(C(=O)NCC(=O)NC(C)(C)C)CCS1. The van der Waals surface area contributed by atoms with Gasteiger partial charge in [0.15, 0.2) is 0 Å². The molecule has 0 spiro atoms. The normalized spacial score (nSPS) is 20.6. The minimum absolute atomic E-state index is 0.0370. The van der Waals surface area contributed by atoms with Crippen molar-refractivity contribution in [2.24, 2.45) is 0 Å². The van der Waals surface area contributed by atoms with Gasteiger partial charge in [-0.05, 0) is 27.2 Å². The summed E-state index contributed by atoms with van der Waals surface area (Å²) in [6.07, 6.45) is 1.01. The molecule has 2 N–H and O–H groups in total. The smallest absolute Gasteiger partial charge is 0.317 e. The minimum Gasteiger partial charge on any atom is -0.350 e. The number of urea groups is 1. The van der Waals surface area contributed by atoms with Crippen LogP contribution in [0.15, 0.2) is 0 Å². The Hall–Kier alpha value is -0.910. The van der Waals surface area contributed by atoms with Gasteiger partial charge in [-0.15, -0.1) is 0 Å². The van der Waals surface area contributed by atoms with Crippen molar-refractivity contribution in [2.75, 3.05) is 25.4 Å². The van der Waals surface area contributed by atoms with Crippen molar-refractivity contribution in [1.82, 2.24) is 15.5 Å². The molecule has 110 valence electrons. The van der Waals surface area contributed by atoms with Crippen LogP contribution in [-0.2, 0) is 4.79 Å². The zero-order valence-corrected chi connectivity index (χ0v) is 13.1. The molecule has 5 nitrogen and oxygen atoms in total. The van der Waals surface area contributed by atoms with Crippen molar-refractivity contribution >= 4 is 23.7 Å². The topological polar surface area (TPSA) is 61.4 Å². The first kappa shape index (κ1) is 16.1. The van der Waals surface area contributed by atoms with Crippen molar-refractivity contribution in [3.63, 3.8) is 0 Å². The summed E-state index contributed by atoms with van der Waals surface area (Å²) in [4.78, 5) is 25.4. The molecule has 6 heteroatoms. The molecule has 0 bridgehead atoms. The quantitative estimate of drug-likeness (QED) is 0.808. The summed E-state index contributed by atoms with van der Waals surface area (Å²) in [5.74, 6) is 0.807. The zero-order chi connectivity index (χ0) is 14.5. The molecule has 1 saturated heterocycles. The maximum atomic E-state index is 12.0. The molecule has 0 aromatic rings. The molecule has 0 aliphatic carbocycles. The van der Waals surface area contributed by atoms with Crippen molar-refractivity contribution in [3.8, 4) is 0 Å². The number of amides is 3. The maximum absolute atomic E-state index is 12.0. The van der Waals surface area contributed by atoms with Gasteiger partial charge in [-0.3, -0.25) is 4.79 Å². The fourth-order valence-electron chi connectivity index (χ4n) is 1.83. The van der Waals surface area contributed by atoms with Crippen LogP contribution in [0.2, 0.25) is 0 Å². The van der Waals surface area contributed by atoms with E-state index in [4.69, 9.17) is 0 Å². The van der Waals surface area contributed by atoms with Crippen LogP contribution in [0.1, 0.15) is 34.1 Å². The molecule has 3 amide bonds. The zero-order valence-electron chi connectivity index (χ0n) is 12.3. The van der Waals surface area contributed by atoms with Crippen LogP contribution in [0.5, 0.6) is 0 Å². The number of carbonyl (C=O) groups excluding carboxylic acids is 2. The summed E-state index contributed by atoms with van der Waals surface area (Å²) < 4.78 is 0. The Morgan fingerprint density at radius 1 is 1.32 bits per heavy atom. The third-order valence-corrected chi connectivity index (χ3v) is 3.99. The lowest BCUT2D eigenvalue weighted by atomic mass is 10.1. The predicted octanol–water partition coefficient (Wildman–Crippen LogP) is 1.44. The van der Waals surface area contributed by atoms with Crippen LogP contribution in [0, 0.1) is 0 Å². The molecule has 19 heavy (non-hydrogen) atoms. The van der Waals surface area contributed by atoms with Gasteiger partial charge in [0.2, 0.25) is 5.91 Å². The standard InChI is InChI=1S/C13H25N3O2S/c1-10-5-6-16(7-8-19-10)12(18)14-9-11(17)15-13(2,3)4/h10H,5-9H2,1-4H3,(H,14,18)(H,15,17)/t10-/m0/s1. The van der Waals surface area contributed by atoms with Crippen LogP contribution in [0.25, 0.3) is 0 Å². The Bertz CT molecular complexity index is 328. The fourth-order valence-corrected chi connectivity index (χ4v) is 2.83. The molecule has 0 aromatic carbocycles. The monoisotopic (exact) mass is 287 g/mol. The molecule has 0 unspecified atom stereocenters. The van der Waals surface area contributed by atoms with E-state index in [9.17, 15) is 9.59 Å². The van der Waals surface area contributed by atoms with Gasteiger partial charge in [0.1, 0.15) is 0 Å². The van der Waals surface area contributed by atoms with Crippen LogP contribution in [-0.4, -0.2) is 53.0 Å². The molecule has 0 saturated carbocycles. The van der Waals surface area contributed by atoms with Gasteiger partial charge >= 0.3 is 6.03 Å². The second kappa shape index (κ2) is 7.03. The number of carbonyl (C=O) groups is 2. The highest BCUT2D eigenvalue weighted by molar-refractivity contribution is 7.99. The molecule has 0 aromatic heterocycles. The van der Waals surface area contributed by atoms with E-state index >= 15 is 0 Å². The first-order chi connectivity index (χ1) is 8.78. The molecule has 1 aliphatic rings. The number of nitrogens with one attached hydrogen (secondary N) is 2. The second-order valence-electron chi connectivity index (χ2n) is 5.91. The molecule has 1 aliphatic heterocycles. The third kappa shape index (κ3) is 6.71. The summed E-state index contributed by atoms with van der Waals surface area (Å²) in [7, 11) is 0. The van der Waals surface area contributed by atoms with Gasteiger partial charge in [0.05, 0.1) is 6.54 Å².